The van der Waals surface area contributed by atoms with E-state index in [1.807, 2.05) is 12.3 Å². The van der Waals surface area contributed by atoms with Gasteiger partial charge in [-0.1, -0.05) is 6.08 Å². The largest absolute Gasteiger partial charge is 0.491 e. The molecule has 2 aliphatic heterocycles. The van der Waals surface area contributed by atoms with Crippen LogP contribution in [0, 0.1) is 5.82 Å². The van der Waals surface area contributed by atoms with Crippen molar-refractivity contribution in [3.05, 3.63) is 36.3 Å². The maximum atomic E-state index is 13.9. The lowest BCUT2D eigenvalue weighted by Crippen LogP contribution is -2.51. The number of ether oxygens (including phenoxy) is 2. The molecule has 1 saturated heterocycles. The molecule has 1 fully saturated rings. The first-order chi connectivity index (χ1) is 11.7. The predicted octanol–water partition coefficient (Wildman–Crippen LogP) is 1.26. The predicted molar refractivity (Wildman–Crippen MR) is 91.4 cm³/mol. The standard InChI is InChI=1S/C17H25FN4O2/c1-23-9-10-24-17-12-15(18)11-16(13-17)21-7-5-20(6-8-21)14-22-4-2-3-19-22/h2-3,11-13,19H,4-10,14H2,1H3. The van der Waals surface area contributed by atoms with Gasteiger partial charge in [0.05, 0.1) is 13.3 Å². The summed E-state index contributed by atoms with van der Waals surface area (Å²) in [6.45, 7) is 6.41. The van der Waals surface area contributed by atoms with Gasteiger partial charge in [-0.15, -0.1) is 0 Å². The van der Waals surface area contributed by atoms with E-state index in [9.17, 15) is 4.39 Å². The van der Waals surface area contributed by atoms with Gasteiger partial charge in [0.15, 0.2) is 0 Å². The molecule has 132 valence electrons. The fourth-order valence-corrected chi connectivity index (χ4v) is 2.93. The average molecular weight is 336 g/mol. The van der Waals surface area contributed by atoms with E-state index in [0.29, 0.717) is 19.0 Å². The van der Waals surface area contributed by atoms with Crippen molar-refractivity contribution in [2.75, 3.05) is 64.6 Å². The van der Waals surface area contributed by atoms with Crippen molar-refractivity contribution in [3.8, 4) is 5.75 Å². The van der Waals surface area contributed by atoms with Gasteiger partial charge in [0, 0.05) is 63.9 Å². The zero-order valence-corrected chi connectivity index (χ0v) is 14.1. The van der Waals surface area contributed by atoms with Crippen LogP contribution in [0.3, 0.4) is 0 Å². The number of piperazine rings is 1. The fourth-order valence-electron chi connectivity index (χ4n) is 2.93. The maximum absolute atomic E-state index is 13.9. The molecule has 2 aliphatic rings. The van der Waals surface area contributed by atoms with Crippen molar-refractivity contribution in [2.24, 2.45) is 0 Å². The van der Waals surface area contributed by atoms with Gasteiger partial charge in [-0.25, -0.2) is 9.40 Å². The summed E-state index contributed by atoms with van der Waals surface area (Å²) in [7, 11) is 1.62. The van der Waals surface area contributed by atoms with Gasteiger partial charge < -0.3 is 19.8 Å². The zero-order valence-electron chi connectivity index (χ0n) is 14.1. The highest BCUT2D eigenvalue weighted by molar-refractivity contribution is 5.51. The highest BCUT2D eigenvalue weighted by Crippen LogP contribution is 2.24. The Kier molecular flexibility index (Phi) is 5.90. The number of methoxy groups -OCH3 is 1. The molecular weight excluding hydrogens is 311 g/mol. The summed E-state index contributed by atoms with van der Waals surface area (Å²) >= 11 is 0. The normalized spacial score (nSPS) is 18.8. The summed E-state index contributed by atoms with van der Waals surface area (Å²) in [5.74, 6) is 0.284. The molecule has 1 N–H and O–H groups in total. The quantitative estimate of drug-likeness (QED) is 0.756. The van der Waals surface area contributed by atoms with Gasteiger partial charge in [-0.3, -0.25) is 4.90 Å². The number of benzene rings is 1. The zero-order chi connectivity index (χ0) is 16.8. The molecule has 3 rings (SSSR count). The molecule has 0 aromatic heterocycles. The van der Waals surface area contributed by atoms with Crippen LogP contribution in [0.2, 0.25) is 0 Å². The van der Waals surface area contributed by atoms with Crippen molar-refractivity contribution in [2.45, 2.75) is 0 Å². The fraction of sp³-hybridized carbons (Fsp3) is 0.529. The summed E-state index contributed by atoms with van der Waals surface area (Å²) in [5, 5.41) is 2.17. The molecule has 0 spiro atoms. The summed E-state index contributed by atoms with van der Waals surface area (Å²) in [5.41, 5.74) is 4.09. The number of halogens is 1. The highest BCUT2D eigenvalue weighted by atomic mass is 19.1. The molecule has 0 unspecified atom stereocenters. The van der Waals surface area contributed by atoms with Crippen molar-refractivity contribution >= 4 is 5.69 Å². The number of anilines is 1. The van der Waals surface area contributed by atoms with Crippen LogP contribution in [0.1, 0.15) is 0 Å². The number of nitrogens with zero attached hydrogens (tertiary/aromatic N) is 3. The van der Waals surface area contributed by atoms with E-state index in [0.717, 1.165) is 45.1 Å². The Morgan fingerprint density at radius 2 is 1.96 bits per heavy atom. The third-order valence-corrected chi connectivity index (χ3v) is 4.22. The van der Waals surface area contributed by atoms with Gasteiger partial charge in [0.2, 0.25) is 0 Å². The van der Waals surface area contributed by atoms with Crippen LogP contribution >= 0.6 is 0 Å². The number of hydrazine groups is 1. The molecule has 1 aromatic carbocycles. The lowest BCUT2D eigenvalue weighted by Gasteiger charge is -2.37. The molecule has 2 heterocycles. The van der Waals surface area contributed by atoms with E-state index >= 15 is 0 Å². The van der Waals surface area contributed by atoms with Crippen molar-refractivity contribution in [3.63, 3.8) is 0 Å². The van der Waals surface area contributed by atoms with Crippen molar-refractivity contribution in [1.82, 2.24) is 15.3 Å². The van der Waals surface area contributed by atoms with E-state index in [4.69, 9.17) is 9.47 Å². The second kappa shape index (κ2) is 8.32. The monoisotopic (exact) mass is 336 g/mol. The third kappa shape index (κ3) is 4.59. The third-order valence-electron chi connectivity index (χ3n) is 4.22. The molecule has 0 amide bonds. The Hall–Kier alpha value is -1.83. The maximum Gasteiger partial charge on any atom is 0.128 e. The van der Waals surface area contributed by atoms with E-state index < -0.39 is 0 Å². The SMILES string of the molecule is COCCOc1cc(F)cc(N2CCN(CN3CC=CN3)CC2)c1. The number of hydrogen-bond donors (Lipinski definition) is 1. The summed E-state index contributed by atoms with van der Waals surface area (Å²) in [4.78, 5) is 4.60. The Balaban J connectivity index is 1.53. The second-order valence-electron chi connectivity index (χ2n) is 5.99. The molecular formula is C17H25FN4O2. The molecule has 1 aromatic rings. The molecule has 0 bridgehead atoms. The summed E-state index contributed by atoms with van der Waals surface area (Å²) in [6, 6.07) is 4.90. The van der Waals surface area contributed by atoms with Gasteiger partial charge in [-0.05, 0) is 6.07 Å². The van der Waals surface area contributed by atoms with Gasteiger partial charge in [0.25, 0.3) is 0 Å². The Labute approximate surface area is 142 Å². The van der Waals surface area contributed by atoms with Gasteiger partial charge in [-0.2, -0.15) is 0 Å². The smallest absolute Gasteiger partial charge is 0.128 e. The Bertz CT molecular complexity index is 554. The Morgan fingerprint density at radius 3 is 2.67 bits per heavy atom. The molecule has 0 aliphatic carbocycles. The van der Waals surface area contributed by atoms with Crippen LogP contribution < -0.4 is 15.1 Å². The van der Waals surface area contributed by atoms with E-state index in [2.05, 4.69) is 26.3 Å². The molecule has 6 nitrogen and oxygen atoms in total. The first-order valence-electron chi connectivity index (χ1n) is 8.30. The first-order valence-corrected chi connectivity index (χ1v) is 8.30. The van der Waals surface area contributed by atoms with Crippen molar-refractivity contribution < 1.29 is 13.9 Å². The lowest BCUT2D eigenvalue weighted by atomic mass is 10.2. The summed E-state index contributed by atoms with van der Waals surface area (Å²) < 4.78 is 24.4. The summed E-state index contributed by atoms with van der Waals surface area (Å²) in [6.07, 6.45) is 4.07. The number of hydrogen-bond acceptors (Lipinski definition) is 6. The van der Waals surface area contributed by atoms with Crippen LogP contribution in [0.15, 0.2) is 30.5 Å². The number of rotatable bonds is 7. The molecule has 24 heavy (non-hydrogen) atoms. The van der Waals surface area contributed by atoms with E-state index in [1.54, 1.807) is 13.2 Å². The molecule has 0 radical (unpaired) electrons. The number of nitrogens with one attached hydrogen (secondary N) is 1. The molecule has 0 saturated carbocycles. The topological polar surface area (TPSA) is 40.2 Å². The molecule has 7 heteroatoms. The van der Waals surface area contributed by atoms with Crippen LogP contribution in [-0.4, -0.2) is 69.6 Å². The lowest BCUT2D eigenvalue weighted by molar-refractivity contribution is 0.117. The molecule has 0 atom stereocenters. The van der Waals surface area contributed by atoms with Crippen LogP contribution in [0.5, 0.6) is 5.75 Å². The van der Waals surface area contributed by atoms with E-state index in [-0.39, 0.29) is 5.82 Å². The first kappa shape index (κ1) is 17.0. The Morgan fingerprint density at radius 1 is 1.12 bits per heavy atom. The second-order valence-corrected chi connectivity index (χ2v) is 5.99. The minimum absolute atomic E-state index is 0.269. The highest BCUT2D eigenvalue weighted by Gasteiger charge is 2.20. The van der Waals surface area contributed by atoms with Crippen LogP contribution in [-0.2, 0) is 4.74 Å². The van der Waals surface area contributed by atoms with Crippen molar-refractivity contribution in [1.29, 1.82) is 0 Å². The van der Waals surface area contributed by atoms with Crippen LogP contribution in [0.25, 0.3) is 0 Å². The van der Waals surface area contributed by atoms with E-state index in [1.165, 1.54) is 6.07 Å². The minimum atomic E-state index is -0.269. The van der Waals surface area contributed by atoms with Crippen LogP contribution in [0.4, 0.5) is 10.1 Å². The minimum Gasteiger partial charge on any atom is -0.491 e. The van der Waals surface area contributed by atoms with Gasteiger partial charge >= 0.3 is 0 Å². The van der Waals surface area contributed by atoms with Gasteiger partial charge in [0.1, 0.15) is 18.2 Å². The average Bonchev–Trinajstić information content (AvgIpc) is 3.08.